The Morgan fingerprint density at radius 3 is 2.41 bits per heavy atom. The van der Waals surface area contributed by atoms with Crippen LogP contribution in [0, 0.1) is 0 Å². The predicted octanol–water partition coefficient (Wildman–Crippen LogP) is 3.50. The Bertz CT molecular complexity index is 1250. The molecule has 178 valence electrons. The fourth-order valence-corrected chi connectivity index (χ4v) is 4.92. The molecule has 0 unspecified atom stereocenters. The first-order chi connectivity index (χ1) is 16.4. The van der Waals surface area contributed by atoms with Gasteiger partial charge in [0.1, 0.15) is 25.0 Å². The van der Waals surface area contributed by atoms with E-state index in [2.05, 4.69) is 5.32 Å². The number of ether oxygens (including phenoxy) is 3. The maximum atomic E-state index is 13.4. The van der Waals surface area contributed by atoms with Crippen LogP contribution in [0.3, 0.4) is 0 Å². The molecule has 4 rings (SSSR count). The predicted molar refractivity (Wildman–Crippen MR) is 128 cm³/mol. The number of nitrogens with zero attached hydrogens (tertiary/aromatic N) is 1. The second kappa shape index (κ2) is 10.2. The van der Waals surface area contributed by atoms with Crippen LogP contribution in [0.15, 0.2) is 77.7 Å². The number of para-hydroxylation sites is 2. The van der Waals surface area contributed by atoms with Crippen molar-refractivity contribution >= 4 is 33.2 Å². The summed E-state index contributed by atoms with van der Waals surface area (Å²) in [6, 6.07) is 19.4. The lowest BCUT2D eigenvalue weighted by Crippen LogP contribution is -2.45. The van der Waals surface area contributed by atoms with Crippen LogP contribution < -0.4 is 23.8 Å². The van der Waals surface area contributed by atoms with E-state index in [1.807, 2.05) is 12.1 Å². The Labute approximate surface area is 203 Å². The number of anilines is 1. The number of sulfonamides is 1. The molecule has 34 heavy (non-hydrogen) atoms. The number of fused-ring (bicyclic) bond motifs is 1. The Morgan fingerprint density at radius 1 is 1.06 bits per heavy atom. The van der Waals surface area contributed by atoms with Gasteiger partial charge in [-0.3, -0.25) is 9.10 Å². The van der Waals surface area contributed by atoms with Crippen molar-refractivity contribution in [2.45, 2.75) is 11.0 Å². The molecule has 1 heterocycles. The topological polar surface area (TPSA) is 94.2 Å². The van der Waals surface area contributed by atoms with E-state index in [4.69, 9.17) is 25.8 Å². The standard InChI is InChI=1S/C24H23ClN2O6S/c1-31-19-10-12-21(13-11-19)34(29,30)27(18-8-6-17(25)7-9-18)15-24(28)26-14-20-16-32-22-4-2-3-5-23(22)33-20/h2-13,20H,14-16H2,1H3,(H,26,28)/t20-/m0/s1. The zero-order valence-corrected chi connectivity index (χ0v) is 19.9. The van der Waals surface area contributed by atoms with E-state index in [1.165, 1.54) is 19.2 Å². The van der Waals surface area contributed by atoms with Crippen LogP contribution in [0.5, 0.6) is 17.2 Å². The minimum absolute atomic E-state index is 0.0247. The van der Waals surface area contributed by atoms with E-state index >= 15 is 0 Å². The molecule has 1 atom stereocenters. The smallest absolute Gasteiger partial charge is 0.264 e. The van der Waals surface area contributed by atoms with Crippen molar-refractivity contribution < 1.29 is 27.4 Å². The van der Waals surface area contributed by atoms with Gasteiger partial charge in [-0.15, -0.1) is 0 Å². The number of halogens is 1. The summed E-state index contributed by atoms with van der Waals surface area (Å²) >= 11 is 5.97. The molecule has 1 aliphatic heterocycles. The van der Waals surface area contributed by atoms with Crippen LogP contribution in [0.4, 0.5) is 5.69 Å². The number of carbonyl (C=O) groups excluding carboxylic acids is 1. The Kier molecular flexibility index (Phi) is 7.14. The van der Waals surface area contributed by atoms with Crippen LogP contribution in [-0.2, 0) is 14.8 Å². The molecular weight excluding hydrogens is 480 g/mol. The molecule has 0 saturated carbocycles. The minimum atomic E-state index is -4.05. The van der Waals surface area contributed by atoms with E-state index in [-0.39, 0.29) is 18.0 Å². The third kappa shape index (κ3) is 5.37. The number of hydrogen-bond acceptors (Lipinski definition) is 6. The van der Waals surface area contributed by atoms with Crippen LogP contribution >= 0.6 is 11.6 Å². The number of carbonyl (C=O) groups is 1. The van der Waals surface area contributed by atoms with Gasteiger partial charge in [0.05, 0.1) is 24.2 Å². The third-order valence-electron chi connectivity index (χ3n) is 5.14. The monoisotopic (exact) mass is 502 g/mol. The molecule has 0 aliphatic carbocycles. The molecule has 3 aromatic rings. The third-order valence-corrected chi connectivity index (χ3v) is 7.18. The zero-order valence-electron chi connectivity index (χ0n) is 18.3. The fourth-order valence-electron chi connectivity index (χ4n) is 3.38. The highest BCUT2D eigenvalue weighted by Crippen LogP contribution is 2.31. The summed E-state index contributed by atoms with van der Waals surface area (Å²) in [4.78, 5) is 12.8. The number of benzene rings is 3. The second-order valence-corrected chi connectivity index (χ2v) is 9.76. The lowest BCUT2D eigenvalue weighted by Gasteiger charge is -2.27. The highest BCUT2D eigenvalue weighted by molar-refractivity contribution is 7.92. The lowest BCUT2D eigenvalue weighted by atomic mass is 10.2. The summed E-state index contributed by atoms with van der Waals surface area (Å²) in [5, 5.41) is 3.19. The highest BCUT2D eigenvalue weighted by atomic mass is 35.5. The summed E-state index contributed by atoms with van der Waals surface area (Å²) in [6.07, 6.45) is -0.402. The van der Waals surface area contributed by atoms with Crippen LogP contribution in [0.1, 0.15) is 0 Å². The molecule has 0 saturated heterocycles. The lowest BCUT2D eigenvalue weighted by molar-refractivity contribution is -0.120. The van der Waals surface area contributed by atoms with Gasteiger partial charge in [-0.1, -0.05) is 23.7 Å². The van der Waals surface area contributed by atoms with Crippen LogP contribution in [-0.4, -0.2) is 47.2 Å². The van der Waals surface area contributed by atoms with Crippen LogP contribution in [0.2, 0.25) is 5.02 Å². The van der Waals surface area contributed by atoms with Gasteiger partial charge in [0.2, 0.25) is 5.91 Å². The number of methoxy groups -OCH3 is 1. The highest BCUT2D eigenvalue weighted by Gasteiger charge is 2.28. The Balaban J connectivity index is 1.49. The summed E-state index contributed by atoms with van der Waals surface area (Å²) in [5.41, 5.74) is 0.307. The molecule has 0 radical (unpaired) electrons. The average Bonchev–Trinajstić information content (AvgIpc) is 2.86. The fraction of sp³-hybridized carbons (Fsp3) is 0.208. The SMILES string of the molecule is COc1ccc(S(=O)(=O)N(CC(=O)NC[C@H]2COc3ccccc3O2)c2ccc(Cl)cc2)cc1. The Morgan fingerprint density at radius 2 is 1.74 bits per heavy atom. The molecule has 10 heteroatoms. The van der Waals surface area contributed by atoms with E-state index in [0.29, 0.717) is 28.0 Å². The van der Waals surface area contributed by atoms with Gasteiger partial charge in [-0.2, -0.15) is 0 Å². The quantitative estimate of drug-likeness (QED) is 0.506. The summed E-state index contributed by atoms with van der Waals surface area (Å²) < 4.78 is 44.5. The molecule has 1 amide bonds. The van der Waals surface area contributed by atoms with Crippen molar-refractivity contribution in [3.8, 4) is 17.2 Å². The van der Waals surface area contributed by atoms with Crippen LogP contribution in [0.25, 0.3) is 0 Å². The minimum Gasteiger partial charge on any atom is -0.497 e. The molecule has 0 spiro atoms. The maximum absolute atomic E-state index is 13.4. The van der Waals surface area contributed by atoms with Gasteiger partial charge < -0.3 is 19.5 Å². The normalized spacial score (nSPS) is 14.8. The van der Waals surface area contributed by atoms with Gasteiger partial charge in [-0.25, -0.2) is 8.42 Å². The number of rotatable bonds is 8. The van der Waals surface area contributed by atoms with Crippen molar-refractivity contribution in [1.29, 1.82) is 0 Å². The van der Waals surface area contributed by atoms with Gasteiger partial charge in [0.25, 0.3) is 10.0 Å². The molecule has 8 nitrogen and oxygen atoms in total. The first kappa shape index (κ1) is 23.7. The molecule has 1 aliphatic rings. The largest absolute Gasteiger partial charge is 0.497 e. The first-order valence-electron chi connectivity index (χ1n) is 10.4. The van der Waals surface area contributed by atoms with E-state index in [9.17, 15) is 13.2 Å². The van der Waals surface area contributed by atoms with E-state index < -0.39 is 28.6 Å². The molecule has 0 aromatic heterocycles. The molecule has 0 fully saturated rings. The van der Waals surface area contributed by atoms with E-state index in [1.54, 1.807) is 48.5 Å². The first-order valence-corrected chi connectivity index (χ1v) is 12.3. The second-order valence-electron chi connectivity index (χ2n) is 7.47. The van der Waals surface area contributed by atoms with Crippen molar-refractivity contribution in [1.82, 2.24) is 5.32 Å². The van der Waals surface area contributed by atoms with Crippen molar-refractivity contribution in [2.24, 2.45) is 0 Å². The number of hydrogen-bond donors (Lipinski definition) is 1. The number of amides is 1. The molecular formula is C24H23ClN2O6S. The average molecular weight is 503 g/mol. The van der Waals surface area contributed by atoms with E-state index in [0.717, 1.165) is 4.31 Å². The van der Waals surface area contributed by atoms with Crippen molar-refractivity contribution in [3.63, 3.8) is 0 Å². The summed E-state index contributed by atoms with van der Waals surface area (Å²) in [7, 11) is -2.56. The number of nitrogens with one attached hydrogen (secondary N) is 1. The summed E-state index contributed by atoms with van der Waals surface area (Å²) in [6.45, 7) is -0.00724. The molecule has 0 bridgehead atoms. The Hall–Kier alpha value is -3.43. The van der Waals surface area contributed by atoms with Gasteiger partial charge in [0.15, 0.2) is 11.5 Å². The van der Waals surface area contributed by atoms with Gasteiger partial charge in [0, 0.05) is 5.02 Å². The zero-order chi connectivity index (χ0) is 24.1. The van der Waals surface area contributed by atoms with Crippen molar-refractivity contribution in [2.75, 3.05) is 31.1 Å². The summed E-state index contributed by atoms with van der Waals surface area (Å²) in [5.74, 6) is 1.27. The maximum Gasteiger partial charge on any atom is 0.264 e. The van der Waals surface area contributed by atoms with Gasteiger partial charge in [-0.05, 0) is 60.7 Å². The van der Waals surface area contributed by atoms with Gasteiger partial charge >= 0.3 is 0 Å². The molecule has 3 aromatic carbocycles. The van der Waals surface area contributed by atoms with Crippen molar-refractivity contribution in [3.05, 3.63) is 77.8 Å². The molecule has 1 N–H and O–H groups in total.